The molecule has 0 radical (unpaired) electrons. The molecular formula is C24H32N4O5. The molecule has 0 aliphatic heterocycles. The van der Waals surface area contributed by atoms with E-state index in [1.807, 2.05) is 30.3 Å². The zero-order valence-corrected chi connectivity index (χ0v) is 18.4. The van der Waals surface area contributed by atoms with Crippen molar-refractivity contribution in [1.29, 1.82) is 0 Å². The molecule has 0 bridgehead atoms. The van der Waals surface area contributed by atoms with Gasteiger partial charge in [-0.25, -0.2) is 4.79 Å². The molecule has 2 aromatic carbocycles. The van der Waals surface area contributed by atoms with Gasteiger partial charge in [0.15, 0.2) is 0 Å². The number of aliphatic carboxylic acids is 1. The number of hydrogen-bond donors (Lipinski definition) is 6. The first-order valence-electron chi connectivity index (χ1n) is 10.9. The summed E-state index contributed by atoms with van der Waals surface area (Å²) in [5, 5.41) is 24.1. The predicted octanol–water partition coefficient (Wildman–Crippen LogP) is 0.688. The highest BCUT2D eigenvalue weighted by Crippen LogP contribution is 2.11. The van der Waals surface area contributed by atoms with Gasteiger partial charge in [0.1, 0.15) is 17.8 Å². The van der Waals surface area contributed by atoms with Gasteiger partial charge in [-0.1, -0.05) is 42.5 Å². The molecule has 0 unspecified atom stereocenters. The highest BCUT2D eigenvalue weighted by molar-refractivity contribution is 5.92. The summed E-state index contributed by atoms with van der Waals surface area (Å²) in [6.45, 7) is 0.436. The number of carboxylic acid groups (broad SMARTS) is 1. The van der Waals surface area contributed by atoms with Gasteiger partial charge in [0.05, 0.1) is 6.04 Å². The molecule has 2 aromatic rings. The fraction of sp³-hybridized carbons (Fsp3) is 0.375. The first kappa shape index (κ1) is 25.8. The second-order valence-electron chi connectivity index (χ2n) is 7.91. The molecule has 33 heavy (non-hydrogen) atoms. The van der Waals surface area contributed by atoms with Gasteiger partial charge in [-0.3, -0.25) is 9.59 Å². The highest BCUT2D eigenvalue weighted by Gasteiger charge is 2.28. The van der Waals surface area contributed by atoms with Crippen molar-refractivity contribution in [3.8, 4) is 5.75 Å². The van der Waals surface area contributed by atoms with Crippen LogP contribution in [0.1, 0.15) is 30.4 Å². The summed E-state index contributed by atoms with van der Waals surface area (Å²) in [6, 6.07) is 12.4. The van der Waals surface area contributed by atoms with Crippen LogP contribution in [0.2, 0.25) is 0 Å². The Labute approximate surface area is 193 Å². The Morgan fingerprint density at radius 2 is 1.42 bits per heavy atom. The maximum Gasteiger partial charge on any atom is 0.326 e. The van der Waals surface area contributed by atoms with E-state index in [4.69, 9.17) is 11.5 Å². The molecule has 0 fully saturated rings. The molecule has 9 nitrogen and oxygen atoms in total. The summed E-state index contributed by atoms with van der Waals surface area (Å²) < 4.78 is 0. The average molecular weight is 457 g/mol. The Hall–Kier alpha value is -3.43. The van der Waals surface area contributed by atoms with E-state index < -0.39 is 35.9 Å². The van der Waals surface area contributed by atoms with E-state index >= 15 is 0 Å². The highest BCUT2D eigenvalue weighted by atomic mass is 16.4. The van der Waals surface area contributed by atoms with Gasteiger partial charge in [0.25, 0.3) is 0 Å². The predicted molar refractivity (Wildman–Crippen MR) is 124 cm³/mol. The maximum absolute atomic E-state index is 13.0. The monoisotopic (exact) mass is 456 g/mol. The summed E-state index contributed by atoms with van der Waals surface area (Å²) in [5.74, 6) is -2.16. The first-order valence-corrected chi connectivity index (χ1v) is 10.9. The Bertz CT molecular complexity index is 905. The minimum Gasteiger partial charge on any atom is -0.508 e. The Kier molecular flexibility index (Phi) is 10.3. The van der Waals surface area contributed by atoms with Crippen molar-refractivity contribution in [2.24, 2.45) is 11.5 Å². The Balaban J connectivity index is 2.09. The summed E-state index contributed by atoms with van der Waals surface area (Å²) >= 11 is 0. The largest absolute Gasteiger partial charge is 0.508 e. The molecule has 2 rings (SSSR count). The average Bonchev–Trinajstić information content (AvgIpc) is 2.80. The molecule has 9 heteroatoms. The third-order valence-corrected chi connectivity index (χ3v) is 5.21. The molecule has 0 heterocycles. The van der Waals surface area contributed by atoms with Crippen molar-refractivity contribution in [2.75, 3.05) is 6.54 Å². The van der Waals surface area contributed by atoms with Crippen LogP contribution >= 0.6 is 0 Å². The number of carbonyl (C=O) groups is 3. The number of carboxylic acids is 1. The fourth-order valence-corrected chi connectivity index (χ4v) is 3.34. The number of phenols is 1. The molecule has 0 aliphatic rings. The molecule has 0 aromatic heterocycles. The van der Waals surface area contributed by atoms with Gasteiger partial charge in [0, 0.05) is 6.42 Å². The second kappa shape index (κ2) is 13.2. The number of amides is 2. The maximum atomic E-state index is 13.0. The zero-order valence-electron chi connectivity index (χ0n) is 18.4. The van der Waals surface area contributed by atoms with Crippen LogP contribution in [0.4, 0.5) is 0 Å². The number of hydrogen-bond acceptors (Lipinski definition) is 6. The van der Waals surface area contributed by atoms with Crippen molar-refractivity contribution in [1.82, 2.24) is 10.6 Å². The summed E-state index contributed by atoms with van der Waals surface area (Å²) in [7, 11) is 0. The summed E-state index contributed by atoms with van der Waals surface area (Å²) in [6.07, 6.45) is 1.84. The SMILES string of the molecule is NCCCC[C@H](NC(=O)[C@H](Cc1ccccc1)NC(=O)[C@@H](N)Cc1ccc(O)cc1)C(=O)O. The first-order chi connectivity index (χ1) is 15.8. The lowest BCUT2D eigenvalue weighted by atomic mass is 10.0. The third kappa shape index (κ3) is 8.91. The minimum absolute atomic E-state index is 0.107. The third-order valence-electron chi connectivity index (χ3n) is 5.21. The van der Waals surface area contributed by atoms with Crippen LogP contribution in [-0.2, 0) is 27.2 Å². The van der Waals surface area contributed by atoms with E-state index in [1.165, 1.54) is 12.1 Å². The number of nitrogens with two attached hydrogens (primary N) is 2. The van der Waals surface area contributed by atoms with Crippen LogP contribution in [0.15, 0.2) is 54.6 Å². The Morgan fingerprint density at radius 3 is 2.03 bits per heavy atom. The molecule has 178 valence electrons. The van der Waals surface area contributed by atoms with Gasteiger partial charge < -0.3 is 32.3 Å². The fourth-order valence-electron chi connectivity index (χ4n) is 3.34. The van der Waals surface area contributed by atoms with Crippen molar-refractivity contribution in [2.45, 2.75) is 50.2 Å². The number of carbonyl (C=O) groups excluding carboxylic acids is 2. The van der Waals surface area contributed by atoms with Crippen LogP contribution < -0.4 is 22.1 Å². The number of rotatable bonds is 13. The van der Waals surface area contributed by atoms with Gasteiger partial charge in [-0.2, -0.15) is 0 Å². The molecule has 0 spiro atoms. The number of unbranched alkanes of at least 4 members (excludes halogenated alkanes) is 1. The van der Waals surface area contributed by atoms with Gasteiger partial charge in [-0.15, -0.1) is 0 Å². The summed E-state index contributed by atoms with van der Waals surface area (Å²) in [4.78, 5) is 37.3. The normalized spacial score (nSPS) is 13.5. The zero-order chi connectivity index (χ0) is 24.2. The smallest absolute Gasteiger partial charge is 0.326 e. The van der Waals surface area contributed by atoms with E-state index in [0.717, 1.165) is 11.1 Å². The van der Waals surface area contributed by atoms with Crippen molar-refractivity contribution < 1.29 is 24.6 Å². The number of aromatic hydroxyl groups is 1. The Morgan fingerprint density at radius 1 is 0.818 bits per heavy atom. The minimum atomic E-state index is -1.14. The molecule has 3 atom stereocenters. The molecule has 8 N–H and O–H groups in total. The standard InChI is InChI=1S/C24H32N4O5/c25-13-5-4-8-20(24(32)33)27-23(31)21(15-16-6-2-1-3-7-16)28-22(30)19(26)14-17-9-11-18(29)12-10-17/h1-3,6-7,9-12,19-21,29H,4-5,8,13-15,25-26H2,(H,27,31)(H,28,30)(H,32,33)/t19-,20-,21-/m0/s1. The molecular weight excluding hydrogens is 424 g/mol. The lowest BCUT2D eigenvalue weighted by molar-refractivity contribution is -0.142. The molecule has 0 aliphatic carbocycles. The van der Waals surface area contributed by atoms with Crippen LogP contribution in [0.3, 0.4) is 0 Å². The van der Waals surface area contributed by atoms with E-state index in [0.29, 0.717) is 19.4 Å². The second-order valence-corrected chi connectivity index (χ2v) is 7.91. The molecule has 0 saturated heterocycles. The van der Waals surface area contributed by atoms with Crippen LogP contribution in [-0.4, -0.2) is 52.7 Å². The van der Waals surface area contributed by atoms with Crippen molar-refractivity contribution in [3.63, 3.8) is 0 Å². The van der Waals surface area contributed by atoms with E-state index in [9.17, 15) is 24.6 Å². The van der Waals surface area contributed by atoms with Crippen LogP contribution in [0.5, 0.6) is 5.75 Å². The molecule has 0 saturated carbocycles. The number of benzene rings is 2. The topological polar surface area (TPSA) is 168 Å². The van der Waals surface area contributed by atoms with Crippen molar-refractivity contribution in [3.05, 3.63) is 65.7 Å². The van der Waals surface area contributed by atoms with Gasteiger partial charge in [-0.05, 0) is 55.5 Å². The van der Waals surface area contributed by atoms with E-state index in [2.05, 4.69) is 10.6 Å². The number of nitrogens with one attached hydrogen (secondary N) is 2. The lowest BCUT2D eigenvalue weighted by Gasteiger charge is -2.23. The van der Waals surface area contributed by atoms with Crippen LogP contribution in [0, 0.1) is 0 Å². The van der Waals surface area contributed by atoms with E-state index in [1.54, 1.807) is 12.1 Å². The van der Waals surface area contributed by atoms with Gasteiger partial charge >= 0.3 is 5.97 Å². The van der Waals surface area contributed by atoms with Gasteiger partial charge in [0.2, 0.25) is 11.8 Å². The van der Waals surface area contributed by atoms with Crippen molar-refractivity contribution >= 4 is 17.8 Å². The van der Waals surface area contributed by atoms with E-state index in [-0.39, 0.29) is 25.0 Å². The molecule has 2 amide bonds. The lowest BCUT2D eigenvalue weighted by Crippen LogP contribution is -2.55. The number of phenolic OH excluding ortho intramolecular Hbond substituents is 1. The van der Waals surface area contributed by atoms with Crippen LogP contribution in [0.25, 0.3) is 0 Å². The quantitative estimate of drug-likeness (QED) is 0.241. The summed E-state index contributed by atoms with van der Waals surface area (Å²) in [5.41, 5.74) is 13.1.